The van der Waals surface area contributed by atoms with Gasteiger partial charge in [-0.2, -0.15) is 0 Å². The molecule has 2 amide bonds. The van der Waals surface area contributed by atoms with Gasteiger partial charge in [-0.25, -0.2) is 4.79 Å². The topological polar surface area (TPSA) is 52.6 Å². The number of rotatable bonds is 3. The van der Waals surface area contributed by atoms with Crippen LogP contribution >= 0.6 is 0 Å². The number of carbonyl (C=O) groups is 1. The molecule has 0 bridgehead atoms. The van der Waals surface area contributed by atoms with E-state index in [4.69, 9.17) is 0 Å². The standard InChI is InChI=1S/C13H18N2O2/c1-13(17)9-15(10-13)12(16)14-8-7-11-5-3-2-4-6-11/h2-6,17H,7-10H2,1H3,(H,14,16). The highest BCUT2D eigenvalue weighted by Crippen LogP contribution is 2.19. The second-order valence-corrected chi connectivity index (χ2v) is 4.82. The van der Waals surface area contributed by atoms with Crippen molar-refractivity contribution in [3.05, 3.63) is 35.9 Å². The quantitative estimate of drug-likeness (QED) is 0.820. The van der Waals surface area contributed by atoms with E-state index in [0.717, 1.165) is 6.42 Å². The highest BCUT2D eigenvalue weighted by atomic mass is 16.3. The number of β-amino-alcohol motifs (C(OH)–C–C–N with tert-alkyl or cyclic N) is 1. The van der Waals surface area contributed by atoms with Gasteiger partial charge in [-0.3, -0.25) is 0 Å². The number of carbonyl (C=O) groups excluding carboxylic acids is 1. The normalized spacial score (nSPS) is 17.4. The SMILES string of the molecule is CC1(O)CN(C(=O)NCCc2ccccc2)C1. The fraction of sp³-hybridized carbons (Fsp3) is 0.462. The maximum atomic E-state index is 11.6. The molecule has 17 heavy (non-hydrogen) atoms. The van der Waals surface area contributed by atoms with E-state index in [1.165, 1.54) is 5.56 Å². The number of aliphatic hydroxyl groups is 1. The van der Waals surface area contributed by atoms with Crippen LogP contribution in [-0.4, -0.2) is 41.3 Å². The Balaban J connectivity index is 1.68. The number of urea groups is 1. The van der Waals surface area contributed by atoms with Gasteiger partial charge in [0.05, 0.1) is 18.7 Å². The Labute approximate surface area is 101 Å². The smallest absolute Gasteiger partial charge is 0.317 e. The van der Waals surface area contributed by atoms with Crippen LogP contribution in [0.1, 0.15) is 12.5 Å². The van der Waals surface area contributed by atoms with Crippen molar-refractivity contribution in [1.29, 1.82) is 0 Å². The van der Waals surface area contributed by atoms with Crippen molar-refractivity contribution in [2.45, 2.75) is 18.9 Å². The van der Waals surface area contributed by atoms with Gasteiger partial charge in [-0.05, 0) is 18.9 Å². The number of nitrogens with zero attached hydrogens (tertiary/aromatic N) is 1. The molecule has 1 saturated heterocycles. The van der Waals surface area contributed by atoms with Gasteiger partial charge in [0.2, 0.25) is 0 Å². The first-order valence-electron chi connectivity index (χ1n) is 5.86. The highest BCUT2D eigenvalue weighted by molar-refractivity contribution is 5.75. The molecule has 1 heterocycles. The summed E-state index contributed by atoms with van der Waals surface area (Å²) in [6.07, 6.45) is 0.830. The van der Waals surface area contributed by atoms with Crippen molar-refractivity contribution in [1.82, 2.24) is 10.2 Å². The minimum atomic E-state index is -0.698. The Bertz CT molecular complexity index is 382. The number of amides is 2. The monoisotopic (exact) mass is 234 g/mol. The van der Waals surface area contributed by atoms with E-state index in [1.54, 1.807) is 11.8 Å². The van der Waals surface area contributed by atoms with Gasteiger partial charge in [-0.15, -0.1) is 0 Å². The summed E-state index contributed by atoms with van der Waals surface area (Å²) in [5, 5.41) is 12.4. The lowest BCUT2D eigenvalue weighted by atomic mass is 9.98. The third kappa shape index (κ3) is 3.20. The van der Waals surface area contributed by atoms with Crippen molar-refractivity contribution in [2.24, 2.45) is 0 Å². The van der Waals surface area contributed by atoms with Crippen LogP contribution in [0.15, 0.2) is 30.3 Å². The molecule has 1 fully saturated rings. The molecule has 0 spiro atoms. The summed E-state index contributed by atoms with van der Waals surface area (Å²) < 4.78 is 0. The van der Waals surface area contributed by atoms with Crippen LogP contribution in [0.4, 0.5) is 4.79 Å². The van der Waals surface area contributed by atoms with E-state index in [1.807, 2.05) is 30.3 Å². The van der Waals surface area contributed by atoms with Crippen LogP contribution < -0.4 is 5.32 Å². The lowest BCUT2D eigenvalue weighted by Crippen LogP contribution is -2.63. The van der Waals surface area contributed by atoms with E-state index < -0.39 is 5.60 Å². The van der Waals surface area contributed by atoms with Crippen LogP contribution in [-0.2, 0) is 6.42 Å². The average Bonchev–Trinajstić information content (AvgIpc) is 2.27. The van der Waals surface area contributed by atoms with Crippen LogP contribution in [0.5, 0.6) is 0 Å². The zero-order chi connectivity index (χ0) is 12.3. The molecule has 92 valence electrons. The fourth-order valence-electron chi connectivity index (χ4n) is 1.99. The lowest BCUT2D eigenvalue weighted by molar-refractivity contribution is -0.0606. The molecule has 0 aromatic heterocycles. The van der Waals surface area contributed by atoms with Gasteiger partial charge in [0.1, 0.15) is 0 Å². The zero-order valence-corrected chi connectivity index (χ0v) is 10.0. The minimum absolute atomic E-state index is 0.0903. The third-order valence-electron chi connectivity index (χ3n) is 2.88. The summed E-state index contributed by atoms with van der Waals surface area (Å²) >= 11 is 0. The van der Waals surface area contributed by atoms with Gasteiger partial charge in [0.25, 0.3) is 0 Å². The molecular weight excluding hydrogens is 216 g/mol. The second-order valence-electron chi connectivity index (χ2n) is 4.82. The molecule has 0 saturated carbocycles. The number of nitrogens with one attached hydrogen (secondary N) is 1. The fourth-order valence-corrected chi connectivity index (χ4v) is 1.99. The Kier molecular flexibility index (Phi) is 3.33. The van der Waals surface area contributed by atoms with Gasteiger partial charge in [-0.1, -0.05) is 30.3 Å². The molecule has 1 aliphatic heterocycles. The number of hydrogen-bond acceptors (Lipinski definition) is 2. The molecular formula is C13H18N2O2. The van der Waals surface area contributed by atoms with Crippen LogP contribution in [0.2, 0.25) is 0 Å². The maximum absolute atomic E-state index is 11.6. The van der Waals surface area contributed by atoms with Crippen molar-refractivity contribution >= 4 is 6.03 Å². The van der Waals surface area contributed by atoms with Crippen molar-refractivity contribution in [3.63, 3.8) is 0 Å². The van der Waals surface area contributed by atoms with Crippen LogP contribution in [0.3, 0.4) is 0 Å². The molecule has 0 atom stereocenters. The Morgan fingerprint density at radius 1 is 1.41 bits per heavy atom. The van der Waals surface area contributed by atoms with Gasteiger partial charge in [0.15, 0.2) is 0 Å². The lowest BCUT2D eigenvalue weighted by Gasteiger charge is -2.43. The van der Waals surface area contributed by atoms with Gasteiger partial charge in [0, 0.05) is 6.54 Å². The van der Waals surface area contributed by atoms with Crippen molar-refractivity contribution in [3.8, 4) is 0 Å². The van der Waals surface area contributed by atoms with Crippen molar-refractivity contribution < 1.29 is 9.90 Å². The predicted molar refractivity (Wildman–Crippen MR) is 65.7 cm³/mol. The summed E-state index contributed by atoms with van der Waals surface area (Å²) in [4.78, 5) is 13.2. The molecule has 1 aliphatic rings. The van der Waals surface area contributed by atoms with E-state index in [9.17, 15) is 9.90 Å². The van der Waals surface area contributed by atoms with Crippen molar-refractivity contribution in [2.75, 3.05) is 19.6 Å². The van der Waals surface area contributed by atoms with E-state index in [-0.39, 0.29) is 6.03 Å². The zero-order valence-electron chi connectivity index (χ0n) is 10.0. The van der Waals surface area contributed by atoms with Gasteiger partial charge >= 0.3 is 6.03 Å². The van der Waals surface area contributed by atoms with E-state index in [2.05, 4.69) is 5.32 Å². The van der Waals surface area contributed by atoms with E-state index in [0.29, 0.717) is 19.6 Å². The van der Waals surface area contributed by atoms with Crippen LogP contribution in [0.25, 0.3) is 0 Å². The first-order chi connectivity index (χ1) is 8.07. The molecule has 1 aromatic rings. The molecule has 0 radical (unpaired) electrons. The number of hydrogen-bond donors (Lipinski definition) is 2. The van der Waals surface area contributed by atoms with E-state index >= 15 is 0 Å². The Morgan fingerprint density at radius 3 is 2.65 bits per heavy atom. The second kappa shape index (κ2) is 4.75. The Morgan fingerprint density at radius 2 is 2.06 bits per heavy atom. The summed E-state index contributed by atoms with van der Waals surface area (Å²) in [6.45, 7) is 3.20. The molecule has 0 unspecified atom stereocenters. The summed E-state index contributed by atoms with van der Waals surface area (Å²) in [6, 6.07) is 9.95. The number of likely N-dealkylation sites (tertiary alicyclic amines) is 1. The Hall–Kier alpha value is -1.55. The molecule has 4 heteroatoms. The summed E-state index contributed by atoms with van der Waals surface area (Å²) in [5.74, 6) is 0. The van der Waals surface area contributed by atoms with Crippen LogP contribution in [0, 0.1) is 0 Å². The molecule has 0 aliphatic carbocycles. The number of benzene rings is 1. The molecule has 2 rings (SSSR count). The predicted octanol–water partition coefficient (Wildman–Crippen LogP) is 1.01. The third-order valence-corrected chi connectivity index (χ3v) is 2.88. The largest absolute Gasteiger partial charge is 0.386 e. The molecule has 4 nitrogen and oxygen atoms in total. The average molecular weight is 234 g/mol. The minimum Gasteiger partial charge on any atom is -0.386 e. The summed E-state index contributed by atoms with van der Waals surface area (Å²) in [7, 11) is 0. The molecule has 1 aromatic carbocycles. The molecule has 2 N–H and O–H groups in total. The maximum Gasteiger partial charge on any atom is 0.317 e. The first kappa shape index (κ1) is 11.9. The van der Waals surface area contributed by atoms with Gasteiger partial charge < -0.3 is 15.3 Å². The summed E-state index contributed by atoms with van der Waals surface area (Å²) in [5.41, 5.74) is 0.514. The first-order valence-corrected chi connectivity index (χ1v) is 5.86. The highest BCUT2D eigenvalue weighted by Gasteiger charge is 2.39.